The second-order valence-corrected chi connectivity index (χ2v) is 8.57. The number of nitrogens with zero attached hydrogens (tertiary/aromatic N) is 2. The van der Waals surface area contributed by atoms with Crippen LogP contribution in [0.5, 0.6) is 5.75 Å². The lowest BCUT2D eigenvalue weighted by Crippen LogP contribution is -2.48. The van der Waals surface area contributed by atoms with Gasteiger partial charge in [0.25, 0.3) is 0 Å². The maximum absolute atomic E-state index is 13.8. The zero-order valence-electron chi connectivity index (χ0n) is 15.9. The van der Waals surface area contributed by atoms with Crippen LogP contribution in [0.25, 0.3) is 0 Å². The van der Waals surface area contributed by atoms with Gasteiger partial charge in [0.15, 0.2) is 11.6 Å². The molecule has 5 nitrogen and oxygen atoms in total. The third-order valence-electron chi connectivity index (χ3n) is 5.00. The molecular weight excluding hydrogens is 367 g/mol. The van der Waals surface area contributed by atoms with Crippen molar-refractivity contribution >= 4 is 15.7 Å². The van der Waals surface area contributed by atoms with Gasteiger partial charge in [-0.15, -0.1) is 0 Å². The molecule has 0 amide bonds. The van der Waals surface area contributed by atoms with Gasteiger partial charge < -0.3 is 9.64 Å². The van der Waals surface area contributed by atoms with Gasteiger partial charge in [-0.2, -0.15) is 4.31 Å². The number of sulfonamides is 1. The molecule has 0 aliphatic carbocycles. The number of benzene rings is 2. The van der Waals surface area contributed by atoms with Crippen molar-refractivity contribution in [2.45, 2.75) is 25.7 Å². The Hall–Kier alpha value is -2.12. The van der Waals surface area contributed by atoms with E-state index in [1.807, 2.05) is 6.07 Å². The predicted octanol–water partition coefficient (Wildman–Crippen LogP) is 3.35. The monoisotopic (exact) mass is 392 g/mol. The van der Waals surface area contributed by atoms with Gasteiger partial charge in [-0.05, 0) is 50.1 Å². The molecule has 2 aromatic rings. The average Bonchev–Trinajstić information content (AvgIpc) is 2.66. The third-order valence-corrected chi connectivity index (χ3v) is 6.89. The van der Waals surface area contributed by atoms with E-state index in [4.69, 9.17) is 4.74 Å². The van der Waals surface area contributed by atoms with Crippen LogP contribution >= 0.6 is 0 Å². The third kappa shape index (κ3) is 3.94. The lowest BCUT2D eigenvalue weighted by molar-refractivity contribution is 0.320. The van der Waals surface area contributed by atoms with Gasteiger partial charge >= 0.3 is 0 Å². The Morgan fingerprint density at radius 2 is 1.78 bits per heavy atom. The molecular formula is C20H25FN2O3S. The SMILES string of the molecule is CCOc1cc(S(=O)(=O)N2CCN(c3cccc(C)c3C)CC2)ccc1F. The largest absolute Gasteiger partial charge is 0.491 e. The van der Waals surface area contributed by atoms with Gasteiger partial charge in [-0.3, -0.25) is 0 Å². The maximum Gasteiger partial charge on any atom is 0.243 e. The van der Waals surface area contributed by atoms with Crippen molar-refractivity contribution in [3.8, 4) is 5.75 Å². The first kappa shape index (κ1) is 19.6. The summed E-state index contributed by atoms with van der Waals surface area (Å²) in [5, 5.41) is 0. The first-order chi connectivity index (χ1) is 12.8. The van der Waals surface area contributed by atoms with Crippen LogP contribution in [0.1, 0.15) is 18.1 Å². The number of rotatable bonds is 5. The average molecular weight is 392 g/mol. The van der Waals surface area contributed by atoms with Crippen molar-refractivity contribution in [1.82, 2.24) is 4.31 Å². The van der Waals surface area contributed by atoms with E-state index in [0.717, 1.165) is 11.8 Å². The number of hydrogen-bond acceptors (Lipinski definition) is 4. The zero-order chi connectivity index (χ0) is 19.6. The summed E-state index contributed by atoms with van der Waals surface area (Å²) in [6.07, 6.45) is 0. The first-order valence-electron chi connectivity index (χ1n) is 9.08. The van der Waals surface area contributed by atoms with Crippen LogP contribution in [-0.4, -0.2) is 45.5 Å². The number of anilines is 1. The molecule has 1 saturated heterocycles. The Balaban J connectivity index is 1.77. The molecule has 0 aromatic heterocycles. The minimum atomic E-state index is -3.68. The number of piperazine rings is 1. The van der Waals surface area contributed by atoms with Crippen molar-refractivity contribution in [1.29, 1.82) is 0 Å². The molecule has 1 fully saturated rings. The first-order valence-corrected chi connectivity index (χ1v) is 10.5. The molecule has 1 heterocycles. The number of hydrogen-bond donors (Lipinski definition) is 0. The molecule has 0 bridgehead atoms. The van der Waals surface area contributed by atoms with Gasteiger partial charge in [0.2, 0.25) is 10.0 Å². The molecule has 27 heavy (non-hydrogen) atoms. The lowest BCUT2D eigenvalue weighted by atomic mass is 10.1. The highest BCUT2D eigenvalue weighted by Crippen LogP contribution is 2.27. The zero-order valence-corrected chi connectivity index (χ0v) is 16.7. The molecule has 0 radical (unpaired) electrons. The fourth-order valence-corrected chi connectivity index (χ4v) is 4.75. The Bertz CT molecular complexity index is 923. The van der Waals surface area contributed by atoms with Gasteiger partial charge in [0.1, 0.15) is 0 Å². The molecule has 0 atom stereocenters. The van der Waals surface area contributed by atoms with E-state index in [0.29, 0.717) is 26.2 Å². The molecule has 146 valence electrons. The minimum Gasteiger partial charge on any atom is -0.491 e. The van der Waals surface area contributed by atoms with Gasteiger partial charge in [0, 0.05) is 37.9 Å². The van der Waals surface area contributed by atoms with Crippen LogP contribution in [0.15, 0.2) is 41.3 Å². The van der Waals surface area contributed by atoms with Crippen LogP contribution in [0.2, 0.25) is 0 Å². The Kier molecular flexibility index (Phi) is 5.72. The van der Waals surface area contributed by atoms with Gasteiger partial charge in [0.05, 0.1) is 11.5 Å². The maximum atomic E-state index is 13.8. The summed E-state index contributed by atoms with van der Waals surface area (Å²) in [6, 6.07) is 9.87. The summed E-state index contributed by atoms with van der Waals surface area (Å²) in [5.41, 5.74) is 3.58. The molecule has 1 aliphatic rings. The summed E-state index contributed by atoms with van der Waals surface area (Å²) in [5.74, 6) is -0.594. The van der Waals surface area contributed by atoms with Crippen LogP contribution in [0.3, 0.4) is 0 Å². The Morgan fingerprint density at radius 3 is 2.44 bits per heavy atom. The van der Waals surface area contributed by atoms with E-state index in [1.54, 1.807) is 6.92 Å². The quantitative estimate of drug-likeness (QED) is 0.783. The predicted molar refractivity (Wildman–Crippen MR) is 104 cm³/mol. The van der Waals surface area contributed by atoms with Crippen molar-refractivity contribution < 1.29 is 17.5 Å². The highest BCUT2D eigenvalue weighted by molar-refractivity contribution is 7.89. The molecule has 1 aliphatic heterocycles. The minimum absolute atomic E-state index is 0.0346. The van der Waals surface area contributed by atoms with E-state index in [9.17, 15) is 12.8 Å². The van der Waals surface area contributed by atoms with Crippen LogP contribution in [-0.2, 0) is 10.0 Å². The summed E-state index contributed by atoms with van der Waals surface area (Å²) in [4.78, 5) is 2.28. The molecule has 3 rings (SSSR count). The van der Waals surface area contributed by atoms with Crippen LogP contribution in [0.4, 0.5) is 10.1 Å². The number of halogens is 1. The highest BCUT2D eigenvalue weighted by Gasteiger charge is 2.29. The van der Waals surface area contributed by atoms with E-state index in [2.05, 4.69) is 30.9 Å². The fraction of sp³-hybridized carbons (Fsp3) is 0.400. The lowest BCUT2D eigenvalue weighted by Gasteiger charge is -2.36. The topological polar surface area (TPSA) is 49.9 Å². The molecule has 0 saturated carbocycles. The van der Waals surface area contributed by atoms with Crippen molar-refractivity contribution in [2.75, 3.05) is 37.7 Å². The molecule has 2 aromatic carbocycles. The second-order valence-electron chi connectivity index (χ2n) is 6.64. The molecule has 0 N–H and O–H groups in total. The number of ether oxygens (including phenoxy) is 1. The smallest absolute Gasteiger partial charge is 0.243 e. The van der Waals surface area contributed by atoms with Crippen molar-refractivity contribution in [2.24, 2.45) is 0 Å². The standard InChI is InChI=1S/C20H25FN2O3S/c1-4-26-20-14-17(8-9-18(20)21)27(24,25)23-12-10-22(11-13-23)19-7-5-6-15(2)16(19)3/h5-9,14H,4,10-13H2,1-3H3. The van der Waals surface area contributed by atoms with Gasteiger partial charge in [-0.1, -0.05) is 12.1 Å². The summed E-state index contributed by atoms with van der Waals surface area (Å²) in [6.45, 7) is 8.16. The molecule has 0 unspecified atom stereocenters. The van der Waals surface area contributed by atoms with E-state index < -0.39 is 15.8 Å². The van der Waals surface area contributed by atoms with E-state index in [-0.39, 0.29) is 17.3 Å². The summed E-state index contributed by atoms with van der Waals surface area (Å²) < 4.78 is 46.3. The highest BCUT2D eigenvalue weighted by atomic mass is 32.2. The number of aryl methyl sites for hydroxylation is 1. The van der Waals surface area contributed by atoms with Crippen LogP contribution < -0.4 is 9.64 Å². The Labute approximate surface area is 160 Å². The fourth-order valence-electron chi connectivity index (χ4n) is 3.31. The van der Waals surface area contributed by atoms with E-state index in [1.165, 1.54) is 27.6 Å². The van der Waals surface area contributed by atoms with Crippen LogP contribution in [0, 0.1) is 19.7 Å². The Morgan fingerprint density at radius 1 is 1.07 bits per heavy atom. The van der Waals surface area contributed by atoms with E-state index >= 15 is 0 Å². The van der Waals surface area contributed by atoms with Crippen molar-refractivity contribution in [3.63, 3.8) is 0 Å². The normalized spacial score (nSPS) is 15.8. The molecule has 0 spiro atoms. The van der Waals surface area contributed by atoms with Crippen molar-refractivity contribution in [3.05, 3.63) is 53.3 Å². The second kappa shape index (κ2) is 7.86. The summed E-state index contributed by atoms with van der Waals surface area (Å²) in [7, 11) is -3.68. The molecule has 7 heteroatoms. The van der Waals surface area contributed by atoms with Gasteiger partial charge in [-0.25, -0.2) is 12.8 Å². The summed E-state index contributed by atoms with van der Waals surface area (Å²) >= 11 is 0.